The molecule has 2 aromatic heterocycles. The lowest BCUT2D eigenvalue weighted by Crippen LogP contribution is -2.32. The summed E-state index contributed by atoms with van der Waals surface area (Å²) in [4.78, 5) is 28.1. The third kappa shape index (κ3) is 3.83. The average Bonchev–Trinajstić information content (AvgIpc) is 3.31. The SMILES string of the molecule is O=C(CCCn1c(=S)[nH]c2c(sc3ccccc32)c1=O)NCC1CCCO1. The number of carbonyl (C=O) groups excluding carboxylic acids is 1. The monoisotopic (exact) mass is 403 g/mol. The Labute approximate surface area is 165 Å². The molecule has 142 valence electrons. The van der Waals surface area contributed by atoms with E-state index in [9.17, 15) is 9.59 Å². The Balaban J connectivity index is 1.44. The van der Waals surface area contributed by atoms with Gasteiger partial charge in [0.05, 0.1) is 11.6 Å². The highest BCUT2D eigenvalue weighted by Crippen LogP contribution is 2.29. The van der Waals surface area contributed by atoms with E-state index in [0.717, 1.165) is 35.1 Å². The van der Waals surface area contributed by atoms with E-state index in [2.05, 4.69) is 10.3 Å². The molecule has 0 aliphatic carbocycles. The number of thiophene rings is 1. The molecule has 1 aromatic carbocycles. The molecule has 2 N–H and O–H groups in total. The largest absolute Gasteiger partial charge is 0.376 e. The molecule has 1 atom stereocenters. The molecule has 1 saturated heterocycles. The van der Waals surface area contributed by atoms with Crippen molar-refractivity contribution in [1.29, 1.82) is 0 Å². The molecule has 1 fully saturated rings. The maximum atomic E-state index is 12.9. The highest BCUT2D eigenvalue weighted by molar-refractivity contribution is 7.71. The number of amides is 1. The number of benzene rings is 1. The van der Waals surface area contributed by atoms with Gasteiger partial charge in [-0.15, -0.1) is 11.3 Å². The number of aromatic nitrogens is 2. The minimum absolute atomic E-state index is 0.0172. The third-order valence-corrected chi connectivity index (χ3v) is 6.33. The van der Waals surface area contributed by atoms with Gasteiger partial charge >= 0.3 is 0 Å². The van der Waals surface area contributed by atoms with Crippen LogP contribution in [0.4, 0.5) is 0 Å². The second kappa shape index (κ2) is 7.92. The number of nitrogens with one attached hydrogen (secondary N) is 2. The van der Waals surface area contributed by atoms with Crippen molar-refractivity contribution in [3.63, 3.8) is 0 Å². The van der Waals surface area contributed by atoms with E-state index in [1.165, 1.54) is 11.3 Å². The first-order valence-electron chi connectivity index (χ1n) is 9.16. The summed E-state index contributed by atoms with van der Waals surface area (Å²) in [6, 6.07) is 7.90. The summed E-state index contributed by atoms with van der Waals surface area (Å²) in [6.07, 6.45) is 3.12. The van der Waals surface area contributed by atoms with Crippen molar-refractivity contribution in [2.75, 3.05) is 13.2 Å². The second-order valence-electron chi connectivity index (χ2n) is 6.73. The van der Waals surface area contributed by atoms with Crippen LogP contribution in [0.5, 0.6) is 0 Å². The van der Waals surface area contributed by atoms with Gasteiger partial charge in [0.2, 0.25) is 5.91 Å². The fourth-order valence-corrected chi connectivity index (χ4v) is 4.81. The van der Waals surface area contributed by atoms with E-state index in [1.807, 2.05) is 24.3 Å². The number of ether oxygens (including phenoxy) is 1. The quantitative estimate of drug-likeness (QED) is 0.619. The van der Waals surface area contributed by atoms with Gasteiger partial charge in [-0.05, 0) is 37.5 Å². The summed E-state index contributed by atoms with van der Waals surface area (Å²) in [5.74, 6) is -0.0172. The molecule has 1 unspecified atom stereocenters. The van der Waals surface area contributed by atoms with Crippen molar-refractivity contribution >= 4 is 49.8 Å². The molecule has 0 bridgehead atoms. The van der Waals surface area contributed by atoms with Gasteiger partial charge in [0, 0.05) is 36.2 Å². The Morgan fingerprint density at radius 1 is 1.41 bits per heavy atom. The predicted octanol–water partition coefficient (Wildman–Crippen LogP) is 3.35. The molecule has 3 aromatic rings. The maximum Gasteiger partial charge on any atom is 0.272 e. The number of H-pyrrole nitrogens is 1. The molecule has 0 saturated carbocycles. The van der Waals surface area contributed by atoms with Crippen molar-refractivity contribution in [2.24, 2.45) is 0 Å². The Morgan fingerprint density at radius 3 is 3.07 bits per heavy atom. The third-order valence-electron chi connectivity index (χ3n) is 4.85. The van der Waals surface area contributed by atoms with Crippen LogP contribution < -0.4 is 10.9 Å². The Kier molecular flexibility index (Phi) is 5.38. The van der Waals surface area contributed by atoms with Crippen LogP contribution in [0.2, 0.25) is 0 Å². The lowest BCUT2D eigenvalue weighted by Gasteiger charge is -2.11. The van der Waals surface area contributed by atoms with E-state index in [0.29, 0.717) is 35.4 Å². The Hall–Kier alpha value is -2.03. The first-order valence-corrected chi connectivity index (χ1v) is 10.4. The molecule has 3 heterocycles. The maximum absolute atomic E-state index is 12.9. The number of hydrogen-bond donors (Lipinski definition) is 2. The van der Waals surface area contributed by atoms with Crippen molar-refractivity contribution in [1.82, 2.24) is 14.9 Å². The van der Waals surface area contributed by atoms with Crippen LogP contribution in [0.1, 0.15) is 25.7 Å². The Morgan fingerprint density at radius 2 is 2.26 bits per heavy atom. The van der Waals surface area contributed by atoms with Crippen LogP contribution in [0.3, 0.4) is 0 Å². The summed E-state index contributed by atoms with van der Waals surface area (Å²) in [6.45, 7) is 1.76. The topological polar surface area (TPSA) is 76.1 Å². The number of fused-ring (bicyclic) bond motifs is 3. The smallest absolute Gasteiger partial charge is 0.272 e. The fraction of sp³-hybridized carbons (Fsp3) is 0.421. The minimum atomic E-state index is -0.0882. The standard InChI is InChI=1S/C19H21N3O3S2/c23-15(20-11-12-5-4-10-25-12)8-3-9-22-18(24)17-16(21-19(22)26)13-6-1-2-7-14(13)27-17/h1-2,6-7,12H,3-5,8-11H2,(H,20,23)(H,21,26). The van der Waals surface area contributed by atoms with E-state index in [-0.39, 0.29) is 17.6 Å². The molecule has 6 nitrogen and oxygen atoms in total. The van der Waals surface area contributed by atoms with E-state index in [1.54, 1.807) is 4.57 Å². The summed E-state index contributed by atoms with van der Waals surface area (Å²) < 4.78 is 9.18. The summed E-state index contributed by atoms with van der Waals surface area (Å²) in [5, 5.41) is 3.92. The van der Waals surface area contributed by atoms with Crippen LogP contribution in [-0.2, 0) is 16.1 Å². The lowest BCUT2D eigenvalue weighted by atomic mass is 10.2. The van der Waals surface area contributed by atoms with Crippen LogP contribution in [0, 0.1) is 4.77 Å². The summed E-state index contributed by atoms with van der Waals surface area (Å²) >= 11 is 6.86. The zero-order valence-corrected chi connectivity index (χ0v) is 16.5. The van der Waals surface area contributed by atoms with Crippen LogP contribution >= 0.6 is 23.6 Å². The van der Waals surface area contributed by atoms with Crippen LogP contribution in [0.25, 0.3) is 20.3 Å². The molecule has 0 radical (unpaired) electrons. The number of aromatic amines is 1. The van der Waals surface area contributed by atoms with Gasteiger partial charge < -0.3 is 15.0 Å². The highest BCUT2D eigenvalue weighted by atomic mass is 32.1. The zero-order valence-electron chi connectivity index (χ0n) is 14.8. The van der Waals surface area contributed by atoms with E-state index < -0.39 is 0 Å². The van der Waals surface area contributed by atoms with Crippen molar-refractivity contribution < 1.29 is 9.53 Å². The van der Waals surface area contributed by atoms with Crippen molar-refractivity contribution in [3.8, 4) is 0 Å². The first kappa shape index (κ1) is 18.3. The van der Waals surface area contributed by atoms with Gasteiger partial charge in [-0.3, -0.25) is 14.2 Å². The number of rotatable bonds is 6. The average molecular weight is 404 g/mol. The minimum Gasteiger partial charge on any atom is -0.376 e. The molecule has 1 amide bonds. The van der Waals surface area contributed by atoms with Gasteiger partial charge in [-0.1, -0.05) is 18.2 Å². The van der Waals surface area contributed by atoms with Gasteiger partial charge in [0.25, 0.3) is 5.56 Å². The molecule has 1 aliphatic heterocycles. The fourth-order valence-electron chi connectivity index (χ4n) is 3.43. The predicted molar refractivity (Wildman–Crippen MR) is 110 cm³/mol. The zero-order chi connectivity index (χ0) is 18.8. The van der Waals surface area contributed by atoms with Crippen molar-refractivity contribution in [2.45, 2.75) is 38.3 Å². The molecular formula is C19H21N3O3S2. The highest BCUT2D eigenvalue weighted by Gasteiger charge is 2.16. The lowest BCUT2D eigenvalue weighted by molar-refractivity contribution is -0.121. The number of nitrogens with zero attached hydrogens (tertiary/aromatic N) is 1. The molecule has 1 aliphatic rings. The molecular weight excluding hydrogens is 382 g/mol. The Bertz CT molecular complexity index is 1090. The molecule has 27 heavy (non-hydrogen) atoms. The first-order chi connectivity index (χ1) is 13.1. The van der Waals surface area contributed by atoms with Gasteiger partial charge in [0.1, 0.15) is 4.70 Å². The molecule has 0 spiro atoms. The van der Waals surface area contributed by atoms with Gasteiger partial charge in [0.15, 0.2) is 4.77 Å². The van der Waals surface area contributed by atoms with E-state index in [4.69, 9.17) is 17.0 Å². The summed E-state index contributed by atoms with van der Waals surface area (Å²) in [5.41, 5.74) is 0.714. The molecule has 8 heteroatoms. The molecule has 4 rings (SSSR count). The van der Waals surface area contributed by atoms with Crippen molar-refractivity contribution in [3.05, 3.63) is 39.4 Å². The van der Waals surface area contributed by atoms with Crippen LogP contribution in [-0.4, -0.2) is 34.7 Å². The summed E-state index contributed by atoms with van der Waals surface area (Å²) in [7, 11) is 0. The second-order valence-corrected chi connectivity index (χ2v) is 8.17. The normalized spacial score (nSPS) is 17.0. The number of hydrogen-bond acceptors (Lipinski definition) is 5. The van der Waals surface area contributed by atoms with Gasteiger partial charge in [-0.25, -0.2) is 0 Å². The number of carbonyl (C=O) groups is 1. The van der Waals surface area contributed by atoms with Crippen LogP contribution in [0.15, 0.2) is 29.1 Å². The van der Waals surface area contributed by atoms with Gasteiger partial charge in [-0.2, -0.15) is 0 Å². The van der Waals surface area contributed by atoms with E-state index >= 15 is 0 Å².